The van der Waals surface area contributed by atoms with Gasteiger partial charge in [0.1, 0.15) is 5.25 Å². The number of hydrogen-bond donors (Lipinski definition) is 2. The van der Waals surface area contributed by atoms with Crippen LogP contribution in [0.4, 0.5) is 10.5 Å². The molecule has 2 N–H and O–H groups in total. The number of carbonyl (C=O) groups excluding carboxylic acids is 1. The van der Waals surface area contributed by atoms with Crippen LogP contribution in [0.5, 0.6) is 0 Å². The number of rotatable bonds is 7. The number of anilines is 1. The van der Waals surface area contributed by atoms with E-state index < -0.39 is 21.1 Å². The molecule has 156 valence electrons. The second kappa shape index (κ2) is 9.54. The Morgan fingerprint density at radius 1 is 0.933 bits per heavy atom. The van der Waals surface area contributed by atoms with Gasteiger partial charge in [-0.3, -0.25) is 4.98 Å². The van der Waals surface area contributed by atoms with E-state index in [4.69, 9.17) is 0 Å². The summed E-state index contributed by atoms with van der Waals surface area (Å²) in [6.07, 6.45) is 3.10. The molecule has 0 saturated carbocycles. The smallest absolute Gasteiger partial charge is 0.319 e. The zero-order chi connectivity index (χ0) is 21.6. The fraction of sp³-hybridized carbons (Fsp3) is 0.217. The molecule has 0 aliphatic rings. The molecule has 6 nitrogen and oxygen atoms in total. The van der Waals surface area contributed by atoms with Crippen molar-refractivity contribution < 1.29 is 13.2 Å². The minimum atomic E-state index is -3.75. The van der Waals surface area contributed by atoms with Crippen molar-refractivity contribution in [1.29, 1.82) is 0 Å². The standard InChI is InChI=1S/C23H25N3O3S/c1-17(2)18-10-12-21(13-11-18)30(28,29)22(19-7-6-14-24-15-19)16-25-23(27)26-20-8-4-3-5-9-20/h3-15,17,22H,16H2,1-2H3,(H2,25,26,27)/t22-/m1/s1. The van der Waals surface area contributed by atoms with Crippen molar-refractivity contribution in [3.05, 3.63) is 90.3 Å². The van der Waals surface area contributed by atoms with E-state index in [1.807, 2.05) is 18.2 Å². The molecule has 0 radical (unpaired) electrons. The molecule has 0 spiro atoms. The van der Waals surface area contributed by atoms with Crippen LogP contribution in [0, 0.1) is 0 Å². The summed E-state index contributed by atoms with van der Waals surface area (Å²) in [5, 5.41) is 4.42. The molecule has 2 amide bonds. The summed E-state index contributed by atoms with van der Waals surface area (Å²) in [5.74, 6) is 0.305. The van der Waals surface area contributed by atoms with Crippen LogP contribution >= 0.6 is 0 Å². The fourth-order valence-corrected chi connectivity index (χ4v) is 4.71. The maximum Gasteiger partial charge on any atom is 0.319 e. The predicted molar refractivity (Wildman–Crippen MR) is 118 cm³/mol. The van der Waals surface area contributed by atoms with Gasteiger partial charge in [0, 0.05) is 24.6 Å². The van der Waals surface area contributed by atoms with Gasteiger partial charge in [0.15, 0.2) is 9.84 Å². The summed E-state index contributed by atoms with van der Waals surface area (Å²) >= 11 is 0. The first-order valence-corrected chi connectivity index (χ1v) is 11.3. The second-order valence-electron chi connectivity index (χ2n) is 7.24. The largest absolute Gasteiger partial charge is 0.336 e. The average molecular weight is 424 g/mol. The molecule has 7 heteroatoms. The molecule has 0 fully saturated rings. The molecule has 1 aromatic heterocycles. The van der Waals surface area contributed by atoms with E-state index >= 15 is 0 Å². The van der Waals surface area contributed by atoms with E-state index in [1.54, 1.807) is 54.7 Å². The Bertz CT molecular complexity index is 1070. The Kier molecular flexibility index (Phi) is 6.84. The third kappa shape index (κ3) is 5.24. The summed E-state index contributed by atoms with van der Waals surface area (Å²) in [7, 11) is -3.75. The van der Waals surface area contributed by atoms with Crippen molar-refractivity contribution in [2.24, 2.45) is 0 Å². The first-order valence-electron chi connectivity index (χ1n) is 9.71. The van der Waals surface area contributed by atoms with Crippen LogP contribution < -0.4 is 10.6 Å². The van der Waals surface area contributed by atoms with Crippen molar-refractivity contribution in [2.75, 3.05) is 11.9 Å². The van der Waals surface area contributed by atoms with Crippen LogP contribution in [0.1, 0.15) is 36.1 Å². The highest BCUT2D eigenvalue weighted by atomic mass is 32.2. The number of sulfone groups is 1. The van der Waals surface area contributed by atoms with Gasteiger partial charge >= 0.3 is 6.03 Å². The molecule has 30 heavy (non-hydrogen) atoms. The topological polar surface area (TPSA) is 88.2 Å². The number of carbonyl (C=O) groups is 1. The molecule has 0 bridgehead atoms. The molecule has 0 aliphatic carbocycles. The molecular formula is C23H25N3O3S. The SMILES string of the molecule is CC(C)c1ccc(S(=O)(=O)[C@H](CNC(=O)Nc2ccccc2)c2cccnc2)cc1. The maximum absolute atomic E-state index is 13.4. The summed E-state index contributed by atoms with van der Waals surface area (Å²) < 4.78 is 26.8. The molecule has 0 aliphatic heterocycles. The van der Waals surface area contributed by atoms with Crippen molar-refractivity contribution in [2.45, 2.75) is 29.9 Å². The quantitative estimate of drug-likeness (QED) is 0.584. The van der Waals surface area contributed by atoms with Gasteiger partial charge in [-0.25, -0.2) is 13.2 Å². The van der Waals surface area contributed by atoms with Crippen LogP contribution in [0.25, 0.3) is 0 Å². The van der Waals surface area contributed by atoms with Gasteiger partial charge in [-0.2, -0.15) is 0 Å². The molecular weight excluding hydrogens is 398 g/mol. The molecule has 2 aromatic carbocycles. The van der Waals surface area contributed by atoms with Crippen LogP contribution in [-0.4, -0.2) is 26.0 Å². The van der Waals surface area contributed by atoms with Crippen LogP contribution in [0.15, 0.2) is 84.0 Å². The van der Waals surface area contributed by atoms with E-state index in [9.17, 15) is 13.2 Å². The van der Waals surface area contributed by atoms with E-state index in [1.165, 1.54) is 6.20 Å². The lowest BCUT2D eigenvalue weighted by Crippen LogP contribution is -2.35. The predicted octanol–water partition coefficient (Wildman–Crippen LogP) is 4.54. The van der Waals surface area contributed by atoms with Crippen molar-refractivity contribution in [1.82, 2.24) is 10.3 Å². The number of nitrogens with zero attached hydrogens (tertiary/aromatic N) is 1. The van der Waals surface area contributed by atoms with Crippen LogP contribution in [0.3, 0.4) is 0 Å². The van der Waals surface area contributed by atoms with E-state index in [2.05, 4.69) is 29.5 Å². The number of aromatic nitrogens is 1. The van der Waals surface area contributed by atoms with Gasteiger partial charge in [0.25, 0.3) is 0 Å². The minimum absolute atomic E-state index is 0.0847. The van der Waals surface area contributed by atoms with Gasteiger partial charge in [0.2, 0.25) is 0 Å². The van der Waals surface area contributed by atoms with Gasteiger partial charge in [-0.15, -0.1) is 0 Å². The zero-order valence-electron chi connectivity index (χ0n) is 16.9. The van der Waals surface area contributed by atoms with Crippen molar-refractivity contribution in [3.63, 3.8) is 0 Å². The summed E-state index contributed by atoms with van der Waals surface area (Å²) in [4.78, 5) is 16.6. The Hall–Kier alpha value is -3.19. The second-order valence-corrected chi connectivity index (χ2v) is 9.38. The summed E-state index contributed by atoms with van der Waals surface area (Å²) in [5.41, 5.74) is 2.21. The third-order valence-electron chi connectivity index (χ3n) is 4.79. The highest BCUT2D eigenvalue weighted by molar-refractivity contribution is 7.91. The highest BCUT2D eigenvalue weighted by Crippen LogP contribution is 2.29. The molecule has 3 aromatic rings. The fourth-order valence-electron chi connectivity index (χ4n) is 3.06. The normalized spacial score (nSPS) is 12.4. The minimum Gasteiger partial charge on any atom is -0.336 e. The molecule has 1 atom stereocenters. The van der Waals surface area contributed by atoms with E-state index in [0.717, 1.165) is 5.56 Å². The van der Waals surface area contributed by atoms with Gasteiger partial charge in [0.05, 0.1) is 4.90 Å². The van der Waals surface area contributed by atoms with E-state index in [0.29, 0.717) is 17.2 Å². The first kappa shape index (κ1) is 21.5. The number of benzene rings is 2. The van der Waals surface area contributed by atoms with Gasteiger partial charge < -0.3 is 10.6 Å². The van der Waals surface area contributed by atoms with Crippen molar-refractivity contribution >= 4 is 21.6 Å². The number of pyridine rings is 1. The number of hydrogen-bond acceptors (Lipinski definition) is 4. The molecule has 3 rings (SSSR count). The Labute approximate surface area is 177 Å². The van der Waals surface area contributed by atoms with E-state index in [-0.39, 0.29) is 11.4 Å². The van der Waals surface area contributed by atoms with Crippen LogP contribution in [0.2, 0.25) is 0 Å². The van der Waals surface area contributed by atoms with Crippen molar-refractivity contribution in [3.8, 4) is 0 Å². The zero-order valence-corrected chi connectivity index (χ0v) is 17.8. The lowest BCUT2D eigenvalue weighted by molar-refractivity contribution is 0.252. The maximum atomic E-state index is 13.4. The third-order valence-corrected chi connectivity index (χ3v) is 6.90. The highest BCUT2D eigenvalue weighted by Gasteiger charge is 2.30. The van der Waals surface area contributed by atoms with Gasteiger partial charge in [-0.05, 0) is 47.4 Å². The van der Waals surface area contributed by atoms with Crippen LogP contribution in [-0.2, 0) is 9.84 Å². The lowest BCUT2D eigenvalue weighted by atomic mass is 10.0. The number of para-hydroxylation sites is 1. The monoisotopic (exact) mass is 423 g/mol. The lowest BCUT2D eigenvalue weighted by Gasteiger charge is -2.19. The summed E-state index contributed by atoms with van der Waals surface area (Å²) in [6.45, 7) is 4.02. The average Bonchev–Trinajstić information content (AvgIpc) is 2.75. The number of nitrogens with one attached hydrogen (secondary N) is 2. The number of urea groups is 1. The first-order chi connectivity index (χ1) is 14.4. The Balaban J connectivity index is 1.82. The number of amides is 2. The molecule has 0 unspecified atom stereocenters. The molecule has 0 saturated heterocycles. The Morgan fingerprint density at radius 3 is 2.23 bits per heavy atom. The van der Waals surface area contributed by atoms with Gasteiger partial charge in [-0.1, -0.05) is 50.2 Å². The Morgan fingerprint density at radius 2 is 1.63 bits per heavy atom. The molecule has 1 heterocycles. The summed E-state index contributed by atoms with van der Waals surface area (Å²) in [6, 6.07) is 18.8.